The summed E-state index contributed by atoms with van der Waals surface area (Å²) in [6.07, 6.45) is 5.13. The van der Waals surface area contributed by atoms with E-state index in [9.17, 15) is 4.79 Å². The van der Waals surface area contributed by atoms with Crippen LogP contribution in [0, 0.1) is 0 Å². The highest BCUT2D eigenvalue weighted by Gasteiger charge is 2.33. The molecular weight excluding hydrogens is 364 g/mol. The second-order valence-corrected chi connectivity index (χ2v) is 9.38. The normalized spacial score (nSPS) is 13.6. The lowest BCUT2D eigenvalue weighted by Crippen LogP contribution is -2.54. The molecule has 0 aliphatic heterocycles. The molecule has 168 valence electrons. The lowest BCUT2D eigenvalue weighted by Gasteiger charge is -2.47. The maximum atomic E-state index is 12.2. The molecule has 0 radical (unpaired) electrons. The monoisotopic (exact) mass is 408 g/mol. The van der Waals surface area contributed by atoms with Crippen molar-refractivity contribution in [3.05, 3.63) is 10.5 Å². The van der Waals surface area contributed by atoms with Crippen LogP contribution in [0.15, 0.2) is 4.79 Å². The zero-order chi connectivity index (χ0) is 22.2. The summed E-state index contributed by atoms with van der Waals surface area (Å²) in [6, 6.07) is 0.237. The number of rotatable bonds is 13. The predicted octanol–water partition coefficient (Wildman–Crippen LogP) is 4.27. The number of hydrogen-bond donors (Lipinski definition) is 2. The van der Waals surface area contributed by atoms with Gasteiger partial charge in [-0.2, -0.15) is 9.97 Å². The van der Waals surface area contributed by atoms with E-state index in [1.165, 1.54) is 0 Å². The van der Waals surface area contributed by atoms with Crippen LogP contribution in [0.5, 0.6) is 0 Å². The molecule has 0 fully saturated rings. The molecule has 1 unspecified atom stereocenters. The van der Waals surface area contributed by atoms with Gasteiger partial charge in [0.1, 0.15) is 0 Å². The van der Waals surface area contributed by atoms with Crippen LogP contribution in [0.1, 0.15) is 87.5 Å². The minimum atomic E-state index is -0.356. The third kappa shape index (κ3) is 7.61. The first-order chi connectivity index (χ1) is 13.5. The van der Waals surface area contributed by atoms with E-state index >= 15 is 0 Å². The Bertz CT molecular complexity index is 670. The van der Waals surface area contributed by atoms with E-state index in [0.717, 1.165) is 45.2 Å². The van der Waals surface area contributed by atoms with Crippen molar-refractivity contribution in [1.82, 2.24) is 19.9 Å². The number of aromatic nitrogens is 3. The molecule has 0 aliphatic rings. The smallest absolute Gasteiger partial charge is 0.350 e. The van der Waals surface area contributed by atoms with Crippen LogP contribution < -0.4 is 15.9 Å². The minimum absolute atomic E-state index is 0.0168. The first-order valence-electron chi connectivity index (χ1n) is 11.2. The first-order valence-corrected chi connectivity index (χ1v) is 11.2. The van der Waals surface area contributed by atoms with Gasteiger partial charge in [0.05, 0.1) is 0 Å². The van der Waals surface area contributed by atoms with Crippen LogP contribution in [0.25, 0.3) is 0 Å². The molecule has 0 aromatic carbocycles. The van der Waals surface area contributed by atoms with E-state index in [-0.39, 0.29) is 22.8 Å². The van der Waals surface area contributed by atoms with Gasteiger partial charge in [-0.05, 0) is 67.3 Å². The van der Waals surface area contributed by atoms with Crippen molar-refractivity contribution in [2.45, 2.75) is 105 Å². The van der Waals surface area contributed by atoms with Crippen LogP contribution in [0.3, 0.4) is 0 Å². The quantitative estimate of drug-likeness (QED) is 0.507. The van der Waals surface area contributed by atoms with Crippen LogP contribution in [0.2, 0.25) is 0 Å². The van der Waals surface area contributed by atoms with E-state index in [4.69, 9.17) is 0 Å². The molecule has 0 aliphatic carbocycles. The molecule has 1 atom stereocenters. The van der Waals surface area contributed by atoms with Gasteiger partial charge in [0, 0.05) is 30.2 Å². The Labute approximate surface area is 177 Å². The molecule has 1 heterocycles. The van der Waals surface area contributed by atoms with E-state index in [1.807, 2.05) is 0 Å². The van der Waals surface area contributed by atoms with Crippen LogP contribution in [-0.4, -0.2) is 57.1 Å². The fraction of sp³-hybridized carbons (Fsp3) is 0.864. The maximum absolute atomic E-state index is 12.2. The number of aromatic amines is 1. The van der Waals surface area contributed by atoms with Crippen molar-refractivity contribution in [1.29, 1.82) is 0 Å². The predicted molar refractivity (Wildman–Crippen MR) is 124 cm³/mol. The Kier molecular flexibility index (Phi) is 9.59. The molecule has 0 saturated carbocycles. The summed E-state index contributed by atoms with van der Waals surface area (Å²) in [5, 5.41) is 3.26. The van der Waals surface area contributed by atoms with Crippen molar-refractivity contribution < 1.29 is 0 Å². The van der Waals surface area contributed by atoms with Gasteiger partial charge in [0.25, 0.3) is 0 Å². The summed E-state index contributed by atoms with van der Waals surface area (Å²) < 4.78 is 0. The highest BCUT2D eigenvalue weighted by molar-refractivity contribution is 5.36. The largest absolute Gasteiger partial charge is 0.353 e. The van der Waals surface area contributed by atoms with Crippen molar-refractivity contribution in [2.24, 2.45) is 0 Å². The lowest BCUT2D eigenvalue weighted by molar-refractivity contribution is 0.0376. The average Bonchev–Trinajstić information content (AvgIpc) is 2.66. The lowest BCUT2D eigenvalue weighted by atomic mass is 9.89. The van der Waals surface area contributed by atoms with Crippen molar-refractivity contribution in [3.63, 3.8) is 0 Å². The molecule has 29 heavy (non-hydrogen) atoms. The number of hydrogen-bond acceptors (Lipinski definition) is 6. The molecule has 7 heteroatoms. The Balaban J connectivity index is 3.04. The van der Waals surface area contributed by atoms with E-state index < -0.39 is 0 Å². The highest BCUT2D eigenvalue weighted by Crippen LogP contribution is 2.28. The van der Waals surface area contributed by atoms with Crippen LogP contribution in [-0.2, 0) is 0 Å². The summed E-state index contributed by atoms with van der Waals surface area (Å²) in [6.45, 7) is 19.4. The Morgan fingerprint density at radius 3 is 2.28 bits per heavy atom. The standard InChI is InChI=1S/C22H44N6O/c1-10-13-15-28(16-14-22(7,8)27(9)21(5,6)12-3)19-24-18(23-17(4)11-2)25-20(29)26-19/h17H,10-16H2,1-9H3,(H2,23,24,25,26,29). The van der Waals surface area contributed by atoms with Crippen molar-refractivity contribution in [2.75, 3.05) is 30.4 Å². The molecule has 1 aromatic heterocycles. The van der Waals surface area contributed by atoms with Crippen LogP contribution in [0.4, 0.5) is 11.9 Å². The van der Waals surface area contributed by atoms with Gasteiger partial charge in [-0.15, -0.1) is 0 Å². The molecule has 2 N–H and O–H groups in total. The number of H-pyrrole nitrogens is 1. The van der Waals surface area contributed by atoms with Crippen LogP contribution >= 0.6 is 0 Å². The number of anilines is 2. The molecule has 0 saturated heterocycles. The molecule has 0 spiro atoms. The van der Waals surface area contributed by atoms with Gasteiger partial charge in [0.2, 0.25) is 11.9 Å². The summed E-state index contributed by atoms with van der Waals surface area (Å²) >= 11 is 0. The topological polar surface area (TPSA) is 77.1 Å². The zero-order valence-corrected chi connectivity index (χ0v) is 20.2. The highest BCUT2D eigenvalue weighted by atomic mass is 16.1. The summed E-state index contributed by atoms with van der Waals surface area (Å²) in [5.74, 6) is 1.01. The van der Waals surface area contributed by atoms with Gasteiger partial charge in [-0.1, -0.05) is 27.2 Å². The molecule has 7 nitrogen and oxygen atoms in total. The summed E-state index contributed by atoms with van der Waals surface area (Å²) in [5.41, 5.74) is -0.208. The van der Waals surface area contributed by atoms with E-state index in [1.54, 1.807) is 0 Å². The third-order valence-electron chi connectivity index (χ3n) is 6.37. The maximum Gasteiger partial charge on any atom is 0.350 e. The number of nitrogens with zero attached hydrogens (tertiary/aromatic N) is 4. The van der Waals surface area contributed by atoms with Gasteiger partial charge < -0.3 is 10.2 Å². The van der Waals surface area contributed by atoms with Crippen molar-refractivity contribution in [3.8, 4) is 0 Å². The van der Waals surface area contributed by atoms with Gasteiger partial charge in [-0.3, -0.25) is 9.88 Å². The number of nitrogens with one attached hydrogen (secondary N) is 2. The SMILES string of the molecule is CCCCN(CCC(C)(C)N(C)C(C)(C)CC)c1nc(NC(C)CC)[nH]c(=O)n1. The molecule has 1 rings (SSSR count). The Morgan fingerprint density at radius 2 is 1.72 bits per heavy atom. The average molecular weight is 409 g/mol. The molecule has 0 bridgehead atoms. The minimum Gasteiger partial charge on any atom is -0.353 e. The molecule has 1 aromatic rings. The zero-order valence-electron chi connectivity index (χ0n) is 20.2. The molecular formula is C22H44N6O. The van der Waals surface area contributed by atoms with Gasteiger partial charge in [-0.25, -0.2) is 4.79 Å². The third-order valence-corrected chi connectivity index (χ3v) is 6.37. The summed E-state index contributed by atoms with van der Waals surface area (Å²) in [7, 11) is 2.21. The first kappa shape index (κ1) is 25.4. The molecule has 0 amide bonds. The fourth-order valence-corrected chi connectivity index (χ4v) is 3.21. The summed E-state index contributed by atoms with van der Waals surface area (Å²) in [4.78, 5) is 28.3. The van der Waals surface area contributed by atoms with Gasteiger partial charge in [0.15, 0.2) is 0 Å². The number of unbranched alkanes of at least 4 members (excludes halogenated alkanes) is 1. The van der Waals surface area contributed by atoms with E-state index in [0.29, 0.717) is 11.9 Å². The fourth-order valence-electron chi connectivity index (χ4n) is 3.21. The van der Waals surface area contributed by atoms with Gasteiger partial charge >= 0.3 is 5.69 Å². The Hall–Kier alpha value is -1.63. The van der Waals surface area contributed by atoms with Crippen molar-refractivity contribution >= 4 is 11.9 Å². The Morgan fingerprint density at radius 1 is 1.07 bits per heavy atom. The second kappa shape index (κ2) is 11.0. The van der Waals surface area contributed by atoms with E-state index in [2.05, 4.69) is 92.5 Å². The second-order valence-electron chi connectivity index (χ2n) is 9.38.